The summed E-state index contributed by atoms with van der Waals surface area (Å²) in [5.41, 5.74) is 2.81. The van der Waals surface area contributed by atoms with Gasteiger partial charge in [0.25, 0.3) is 5.91 Å². The number of nitriles is 1. The summed E-state index contributed by atoms with van der Waals surface area (Å²) < 4.78 is 0. The molecule has 0 spiro atoms. The molecule has 2 aliphatic heterocycles. The van der Waals surface area contributed by atoms with Crippen LogP contribution in [0.15, 0.2) is 42.5 Å². The van der Waals surface area contributed by atoms with Crippen LogP contribution in [0.4, 0.5) is 10.5 Å². The highest BCUT2D eigenvalue weighted by Gasteiger charge is 2.62. The molecule has 4 rings (SSSR count). The number of imide groups is 1. The molecule has 1 N–H and O–H groups in total. The number of aliphatic hydroxyl groups is 1. The van der Waals surface area contributed by atoms with Gasteiger partial charge in [-0.1, -0.05) is 18.2 Å². The molecule has 2 aromatic carbocycles. The third kappa shape index (κ3) is 2.76. The third-order valence-corrected chi connectivity index (χ3v) is 5.55. The van der Waals surface area contributed by atoms with Crippen LogP contribution >= 0.6 is 0 Å². The lowest BCUT2D eigenvalue weighted by Gasteiger charge is -2.28. The van der Waals surface area contributed by atoms with Crippen molar-refractivity contribution in [2.75, 3.05) is 11.4 Å². The van der Waals surface area contributed by atoms with Gasteiger partial charge in [-0.3, -0.25) is 4.79 Å². The molecule has 0 saturated carbocycles. The molecule has 0 aromatic heterocycles. The number of rotatable bonds is 3. The standard InChI is InChI=1S/C22H21N3O3/c1-14-7-15(2)9-18(8-14)25-20(27)22(11-19(26)13-24(22)21(25)28)10-16-3-5-17(12-23)6-4-16/h3-9,19,26H,10-11,13H2,1-2H3. The van der Waals surface area contributed by atoms with Crippen LogP contribution < -0.4 is 4.90 Å². The normalized spacial score (nSPS) is 23.9. The maximum absolute atomic E-state index is 13.5. The van der Waals surface area contributed by atoms with Crippen LogP contribution in [0.25, 0.3) is 0 Å². The second-order valence-electron chi connectivity index (χ2n) is 7.75. The maximum atomic E-state index is 13.5. The number of carbonyl (C=O) groups is 2. The van der Waals surface area contributed by atoms with Crippen molar-refractivity contribution in [2.45, 2.75) is 38.3 Å². The van der Waals surface area contributed by atoms with Crippen LogP contribution in [-0.4, -0.2) is 40.1 Å². The molecule has 2 aromatic rings. The molecule has 2 unspecified atom stereocenters. The molecular weight excluding hydrogens is 354 g/mol. The Balaban J connectivity index is 1.74. The zero-order valence-electron chi connectivity index (χ0n) is 15.8. The predicted molar refractivity (Wildman–Crippen MR) is 104 cm³/mol. The lowest BCUT2D eigenvalue weighted by Crippen LogP contribution is -2.47. The highest BCUT2D eigenvalue weighted by Crippen LogP contribution is 2.42. The van der Waals surface area contributed by atoms with Crippen molar-refractivity contribution in [3.05, 3.63) is 64.7 Å². The first-order valence-corrected chi connectivity index (χ1v) is 9.25. The van der Waals surface area contributed by atoms with Crippen molar-refractivity contribution in [3.8, 4) is 6.07 Å². The number of hydrogen-bond donors (Lipinski definition) is 1. The fourth-order valence-corrected chi connectivity index (χ4v) is 4.42. The van der Waals surface area contributed by atoms with Gasteiger partial charge in [0.2, 0.25) is 0 Å². The first-order chi connectivity index (χ1) is 13.3. The zero-order valence-corrected chi connectivity index (χ0v) is 15.8. The van der Waals surface area contributed by atoms with Gasteiger partial charge in [0.15, 0.2) is 0 Å². The van der Waals surface area contributed by atoms with Crippen LogP contribution in [-0.2, 0) is 11.2 Å². The van der Waals surface area contributed by atoms with Crippen molar-refractivity contribution < 1.29 is 14.7 Å². The number of fused-ring (bicyclic) bond motifs is 1. The molecule has 2 atom stereocenters. The number of hydrogen-bond acceptors (Lipinski definition) is 4. The molecule has 2 heterocycles. The van der Waals surface area contributed by atoms with Crippen molar-refractivity contribution >= 4 is 17.6 Å². The molecule has 28 heavy (non-hydrogen) atoms. The maximum Gasteiger partial charge on any atom is 0.332 e. The topological polar surface area (TPSA) is 84.6 Å². The van der Waals surface area contributed by atoms with E-state index in [9.17, 15) is 14.7 Å². The quantitative estimate of drug-likeness (QED) is 0.836. The molecule has 0 aliphatic carbocycles. The molecule has 2 aliphatic rings. The van der Waals surface area contributed by atoms with Gasteiger partial charge in [0, 0.05) is 19.4 Å². The van der Waals surface area contributed by atoms with Gasteiger partial charge in [-0.05, 0) is 54.8 Å². The minimum Gasteiger partial charge on any atom is -0.391 e. The number of aryl methyl sites for hydroxylation is 2. The Hall–Kier alpha value is -3.17. The van der Waals surface area contributed by atoms with E-state index in [-0.39, 0.29) is 24.9 Å². The highest BCUT2D eigenvalue weighted by molar-refractivity contribution is 6.23. The summed E-state index contributed by atoms with van der Waals surface area (Å²) in [6, 6.07) is 14.3. The molecule has 6 heteroatoms. The minimum absolute atomic E-state index is 0.141. The third-order valence-electron chi connectivity index (χ3n) is 5.55. The number of aliphatic hydroxyl groups excluding tert-OH is 1. The summed E-state index contributed by atoms with van der Waals surface area (Å²) in [4.78, 5) is 29.4. The number of anilines is 1. The number of carbonyl (C=O) groups excluding carboxylic acids is 2. The van der Waals surface area contributed by atoms with E-state index in [2.05, 4.69) is 6.07 Å². The van der Waals surface area contributed by atoms with Crippen molar-refractivity contribution in [1.29, 1.82) is 5.26 Å². The van der Waals surface area contributed by atoms with E-state index in [0.29, 0.717) is 17.7 Å². The Morgan fingerprint density at radius 2 is 1.79 bits per heavy atom. The first-order valence-electron chi connectivity index (χ1n) is 9.25. The van der Waals surface area contributed by atoms with E-state index in [4.69, 9.17) is 5.26 Å². The predicted octanol–water partition coefficient (Wildman–Crippen LogP) is 2.69. The molecule has 6 nitrogen and oxygen atoms in total. The van der Waals surface area contributed by atoms with E-state index in [1.54, 1.807) is 24.3 Å². The number of urea groups is 1. The van der Waals surface area contributed by atoms with Crippen LogP contribution in [0.1, 0.15) is 28.7 Å². The van der Waals surface area contributed by atoms with Gasteiger partial charge in [-0.15, -0.1) is 0 Å². The Morgan fingerprint density at radius 3 is 2.39 bits per heavy atom. The van der Waals surface area contributed by atoms with Gasteiger partial charge >= 0.3 is 6.03 Å². The Morgan fingerprint density at radius 1 is 1.14 bits per heavy atom. The van der Waals surface area contributed by atoms with Gasteiger partial charge in [0.05, 0.1) is 23.4 Å². The lowest BCUT2D eigenvalue weighted by atomic mass is 9.87. The fourth-order valence-electron chi connectivity index (χ4n) is 4.42. The Bertz CT molecular complexity index is 988. The van der Waals surface area contributed by atoms with Crippen molar-refractivity contribution in [3.63, 3.8) is 0 Å². The first kappa shape index (κ1) is 18.2. The average Bonchev–Trinajstić information content (AvgIpc) is 3.07. The van der Waals surface area contributed by atoms with Crippen LogP contribution in [0.5, 0.6) is 0 Å². The Kier molecular flexibility index (Phi) is 4.20. The summed E-state index contributed by atoms with van der Waals surface area (Å²) >= 11 is 0. The largest absolute Gasteiger partial charge is 0.391 e. The molecule has 3 amide bonds. The molecule has 2 saturated heterocycles. The summed E-state index contributed by atoms with van der Waals surface area (Å²) in [6.45, 7) is 4.00. The van der Waals surface area contributed by atoms with E-state index in [1.165, 1.54) is 9.80 Å². The smallest absolute Gasteiger partial charge is 0.332 e. The van der Waals surface area contributed by atoms with Crippen molar-refractivity contribution in [1.82, 2.24) is 4.90 Å². The van der Waals surface area contributed by atoms with E-state index >= 15 is 0 Å². The van der Waals surface area contributed by atoms with Crippen molar-refractivity contribution in [2.24, 2.45) is 0 Å². The minimum atomic E-state index is -1.09. The van der Waals surface area contributed by atoms with E-state index < -0.39 is 11.6 Å². The number of β-amino-alcohol motifs (C(OH)–C–C–N with tert-alkyl or cyclic N) is 1. The summed E-state index contributed by atoms with van der Waals surface area (Å²) in [6.07, 6.45) is -0.215. The van der Waals surface area contributed by atoms with Gasteiger partial charge in [0.1, 0.15) is 5.54 Å². The van der Waals surface area contributed by atoms with Crippen LogP contribution in [0.2, 0.25) is 0 Å². The molecule has 0 radical (unpaired) electrons. The van der Waals surface area contributed by atoms with Crippen LogP contribution in [0.3, 0.4) is 0 Å². The lowest BCUT2D eigenvalue weighted by molar-refractivity contribution is -0.124. The molecular formula is C22H21N3O3. The molecule has 0 bridgehead atoms. The van der Waals surface area contributed by atoms with Gasteiger partial charge in [-0.25, -0.2) is 9.69 Å². The van der Waals surface area contributed by atoms with Gasteiger partial charge in [-0.2, -0.15) is 5.26 Å². The monoisotopic (exact) mass is 375 g/mol. The summed E-state index contributed by atoms with van der Waals surface area (Å²) in [5, 5.41) is 19.2. The molecule has 142 valence electrons. The van der Waals surface area contributed by atoms with E-state index in [1.807, 2.05) is 32.0 Å². The second kappa shape index (κ2) is 6.47. The van der Waals surface area contributed by atoms with Crippen LogP contribution in [0, 0.1) is 25.2 Å². The second-order valence-corrected chi connectivity index (χ2v) is 7.75. The zero-order chi connectivity index (χ0) is 20.1. The fraction of sp³-hybridized carbons (Fsp3) is 0.318. The van der Waals surface area contributed by atoms with E-state index in [0.717, 1.165) is 16.7 Å². The average molecular weight is 375 g/mol. The summed E-state index contributed by atoms with van der Waals surface area (Å²) in [7, 11) is 0. The van der Waals surface area contributed by atoms with Gasteiger partial charge < -0.3 is 10.0 Å². The number of nitrogens with zero attached hydrogens (tertiary/aromatic N) is 3. The highest BCUT2D eigenvalue weighted by atomic mass is 16.3. The SMILES string of the molecule is Cc1cc(C)cc(N2C(=O)N3CC(O)CC3(Cc3ccc(C#N)cc3)C2=O)c1. The number of benzene rings is 2. The Labute approximate surface area is 163 Å². The number of amides is 3. The summed E-state index contributed by atoms with van der Waals surface area (Å²) in [5.74, 6) is -0.302. The molecule has 2 fully saturated rings.